The van der Waals surface area contributed by atoms with Crippen LogP contribution in [0.1, 0.15) is 11.7 Å². The average Bonchev–Trinajstić information content (AvgIpc) is 2.45. The van der Waals surface area contributed by atoms with Crippen molar-refractivity contribution < 1.29 is 4.74 Å². The molecule has 1 aliphatic heterocycles. The van der Waals surface area contributed by atoms with Gasteiger partial charge in [-0.2, -0.15) is 5.10 Å². The normalized spacial score (nSPS) is 21.5. The number of ether oxygens (including phenoxy) is 1. The van der Waals surface area contributed by atoms with Crippen molar-refractivity contribution in [2.24, 2.45) is 5.73 Å². The van der Waals surface area contributed by atoms with Crippen molar-refractivity contribution in [3.05, 3.63) is 11.8 Å². The van der Waals surface area contributed by atoms with E-state index in [0.29, 0.717) is 13.2 Å². The first kappa shape index (κ1) is 6.67. The maximum atomic E-state index is 5.52. The zero-order valence-electron chi connectivity index (χ0n) is 6.45. The van der Waals surface area contributed by atoms with Crippen molar-refractivity contribution in [3.8, 4) is 5.88 Å². The first-order chi connectivity index (χ1) is 5.31. The molecule has 2 N–H and O–H groups in total. The fourth-order valence-electron chi connectivity index (χ4n) is 1.28. The summed E-state index contributed by atoms with van der Waals surface area (Å²) in [5.41, 5.74) is 6.50. The Morgan fingerprint density at radius 1 is 1.91 bits per heavy atom. The van der Waals surface area contributed by atoms with E-state index in [0.717, 1.165) is 11.6 Å². The number of nitrogens with zero attached hydrogens (tertiary/aromatic N) is 2. The number of aryl methyl sites for hydroxylation is 1. The summed E-state index contributed by atoms with van der Waals surface area (Å²) >= 11 is 0. The molecule has 1 unspecified atom stereocenters. The lowest BCUT2D eigenvalue weighted by Gasteiger charge is -2.03. The quantitative estimate of drug-likeness (QED) is 0.621. The Hall–Kier alpha value is -1.03. The van der Waals surface area contributed by atoms with E-state index in [1.165, 1.54) is 0 Å². The van der Waals surface area contributed by atoms with E-state index < -0.39 is 0 Å². The van der Waals surface area contributed by atoms with Crippen molar-refractivity contribution in [1.82, 2.24) is 9.78 Å². The highest BCUT2D eigenvalue weighted by Gasteiger charge is 2.23. The predicted molar refractivity (Wildman–Crippen MR) is 40.6 cm³/mol. The zero-order valence-corrected chi connectivity index (χ0v) is 6.45. The molecule has 1 atom stereocenters. The molecule has 0 spiro atoms. The minimum atomic E-state index is 0.235. The van der Waals surface area contributed by atoms with Gasteiger partial charge in [-0.05, 0) is 6.92 Å². The van der Waals surface area contributed by atoms with Gasteiger partial charge in [0.15, 0.2) is 0 Å². The number of nitrogens with two attached hydrogens (primary N) is 1. The Bertz CT molecular complexity index is 269. The summed E-state index contributed by atoms with van der Waals surface area (Å²) < 4.78 is 7.20. The van der Waals surface area contributed by atoms with E-state index in [1.54, 1.807) is 0 Å². The zero-order chi connectivity index (χ0) is 7.84. The number of rotatable bonds is 1. The summed E-state index contributed by atoms with van der Waals surface area (Å²) in [5.74, 6) is 0.845. The van der Waals surface area contributed by atoms with Gasteiger partial charge in [0.2, 0.25) is 5.88 Å². The van der Waals surface area contributed by atoms with Crippen LogP contribution < -0.4 is 10.5 Å². The highest BCUT2D eigenvalue weighted by atomic mass is 16.5. The molecule has 1 aliphatic rings. The van der Waals surface area contributed by atoms with E-state index in [4.69, 9.17) is 10.5 Å². The smallest absolute Gasteiger partial charge is 0.212 e. The summed E-state index contributed by atoms with van der Waals surface area (Å²) in [6.07, 6.45) is 0. The molecule has 0 saturated heterocycles. The molecule has 60 valence electrons. The van der Waals surface area contributed by atoms with Crippen LogP contribution in [-0.4, -0.2) is 22.9 Å². The summed E-state index contributed by atoms with van der Waals surface area (Å²) in [6, 6.07) is 2.16. The lowest BCUT2D eigenvalue weighted by Crippen LogP contribution is -2.19. The molecule has 4 heteroatoms. The highest BCUT2D eigenvalue weighted by Crippen LogP contribution is 2.24. The van der Waals surface area contributed by atoms with Crippen molar-refractivity contribution >= 4 is 0 Å². The monoisotopic (exact) mass is 153 g/mol. The van der Waals surface area contributed by atoms with E-state index in [9.17, 15) is 0 Å². The number of aromatic nitrogens is 2. The predicted octanol–water partition coefficient (Wildman–Crippen LogP) is 0.0837. The number of hydrogen-bond acceptors (Lipinski definition) is 3. The van der Waals surface area contributed by atoms with Crippen LogP contribution in [0.5, 0.6) is 5.88 Å². The van der Waals surface area contributed by atoms with E-state index in [1.807, 2.05) is 17.7 Å². The van der Waals surface area contributed by atoms with Gasteiger partial charge in [0, 0.05) is 12.6 Å². The minimum absolute atomic E-state index is 0.235. The molecule has 11 heavy (non-hydrogen) atoms. The Labute approximate surface area is 64.9 Å². The number of hydrogen-bond donors (Lipinski definition) is 1. The van der Waals surface area contributed by atoms with Crippen LogP contribution >= 0.6 is 0 Å². The number of fused-ring (bicyclic) bond motifs is 1. The van der Waals surface area contributed by atoms with Crippen LogP contribution in [-0.2, 0) is 0 Å². The topological polar surface area (TPSA) is 53.1 Å². The molecular formula is C7H11N3O. The Morgan fingerprint density at radius 2 is 2.73 bits per heavy atom. The molecule has 0 bridgehead atoms. The third-order valence-electron chi connectivity index (χ3n) is 1.87. The molecule has 0 amide bonds. The fraction of sp³-hybridized carbons (Fsp3) is 0.571. The molecule has 0 aliphatic carbocycles. The van der Waals surface area contributed by atoms with E-state index >= 15 is 0 Å². The van der Waals surface area contributed by atoms with Gasteiger partial charge in [-0.3, -0.25) is 0 Å². The molecule has 1 aromatic rings. The van der Waals surface area contributed by atoms with Gasteiger partial charge in [-0.15, -0.1) is 0 Å². The Kier molecular flexibility index (Phi) is 1.35. The minimum Gasteiger partial charge on any atom is -0.475 e. The van der Waals surface area contributed by atoms with E-state index in [-0.39, 0.29) is 6.04 Å². The van der Waals surface area contributed by atoms with Crippen LogP contribution in [0.3, 0.4) is 0 Å². The average molecular weight is 153 g/mol. The summed E-state index contributed by atoms with van der Waals surface area (Å²) in [4.78, 5) is 0. The molecule has 0 fully saturated rings. The van der Waals surface area contributed by atoms with Crippen LogP contribution in [0, 0.1) is 6.92 Å². The van der Waals surface area contributed by atoms with Crippen molar-refractivity contribution in [1.29, 1.82) is 0 Å². The summed E-state index contributed by atoms with van der Waals surface area (Å²) in [5, 5.41) is 4.26. The molecule has 2 rings (SSSR count). The van der Waals surface area contributed by atoms with Gasteiger partial charge in [0.1, 0.15) is 12.6 Å². The van der Waals surface area contributed by atoms with Crippen LogP contribution in [0.4, 0.5) is 0 Å². The van der Waals surface area contributed by atoms with Crippen LogP contribution in [0.2, 0.25) is 0 Å². The molecule has 0 aromatic carbocycles. The standard InChI is InChI=1S/C7H11N3O/c1-5-2-7-10(9-5)6(3-8)4-11-7/h2,6H,3-4,8H2,1H3. The first-order valence-electron chi connectivity index (χ1n) is 3.70. The van der Waals surface area contributed by atoms with Gasteiger partial charge in [-0.1, -0.05) is 0 Å². The lowest BCUT2D eigenvalue weighted by atomic mass is 10.3. The maximum Gasteiger partial charge on any atom is 0.212 e. The second kappa shape index (κ2) is 2.23. The van der Waals surface area contributed by atoms with Crippen LogP contribution in [0.25, 0.3) is 0 Å². The Morgan fingerprint density at radius 3 is 3.45 bits per heavy atom. The molecule has 0 radical (unpaired) electrons. The van der Waals surface area contributed by atoms with Crippen molar-refractivity contribution in [2.45, 2.75) is 13.0 Å². The van der Waals surface area contributed by atoms with Gasteiger partial charge in [0.25, 0.3) is 0 Å². The van der Waals surface area contributed by atoms with Crippen LogP contribution in [0.15, 0.2) is 6.07 Å². The van der Waals surface area contributed by atoms with Gasteiger partial charge in [-0.25, -0.2) is 4.68 Å². The largest absolute Gasteiger partial charge is 0.475 e. The van der Waals surface area contributed by atoms with Gasteiger partial charge < -0.3 is 10.5 Å². The van der Waals surface area contributed by atoms with Crippen molar-refractivity contribution in [3.63, 3.8) is 0 Å². The second-order valence-corrected chi connectivity index (χ2v) is 2.77. The van der Waals surface area contributed by atoms with Gasteiger partial charge in [0.05, 0.1) is 5.69 Å². The second-order valence-electron chi connectivity index (χ2n) is 2.77. The summed E-state index contributed by atoms with van der Waals surface area (Å²) in [6.45, 7) is 3.20. The fourth-order valence-corrected chi connectivity index (χ4v) is 1.28. The summed E-state index contributed by atoms with van der Waals surface area (Å²) in [7, 11) is 0. The third kappa shape index (κ3) is 0.903. The van der Waals surface area contributed by atoms with Crippen molar-refractivity contribution in [2.75, 3.05) is 13.2 Å². The third-order valence-corrected chi connectivity index (χ3v) is 1.87. The van der Waals surface area contributed by atoms with E-state index in [2.05, 4.69) is 5.10 Å². The highest BCUT2D eigenvalue weighted by molar-refractivity contribution is 5.18. The van der Waals surface area contributed by atoms with Gasteiger partial charge >= 0.3 is 0 Å². The Balaban J connectivity index is 2.37. The molecular weight excluding hydrogens is 142 g/mol. The molecule has 2 heterocycles. The first-order valence-corrected chi connectivity index (χ1v) is 3.70. The molecule has 1 aromatic heterocycles. The SMILES string of the molecule is Cc1cc2n(n1)C(CN)CO2. The molecule has 0 saturated carbocycles. The maximum absolute atomic E-state index is 5.52. The molecule has 4 nitrogen and oxygen atoms in total. The lowest BCUT2D eigenvalue weighted by molar-refractivity contribution is 0.327.